The molecule has 0 fully saturated rings. The smallest absolute Gasteiger partial charge is 0.339 e. The zero-order valence-electron chi connectivity index (χ0n) is 11.0. The van der Waals surface area contributed by atoms with Gasteiger partial charge in [0, 0.05) is 0 Å². The lowest BCUT2D eigenvalue weighted by Crippen LogP contribution is -2.23. The van der Waals surface area contributed by atoms with E-state index in [1.807, 2.05) is 30.3 Å². The van der Waals surface area contributed by atoms with Crippen molar-refractivity contribution in [1.29, 1.82) is 0 Å². The van der Waals surface area contributed by atoms with Crippen LogP contribution in [-0.4, -0.2) is 39.9 Å². The maximum atomic E-state index is 10.1. The van der Waals surface area contributed by atoms with Crippen LogP contribution in [-0.2, 0) is 9.36 Å². The molecule has 0 spiro atoms. The summed E-state index contributed by atoms with van der Waals surface area (Å²) in [6.45, 7) is 1.36. The van der Waals surface area contributed by atoms with Gasteiger partial charge in [0.25, 0.3) is 0 Å². The van der Waals surface area contributed by atoms with Gasteiger partial charge in [0.15, 0.2) is 0 Å². The van der Waals surface area contributed by atoms with Crippen LogP contribution in [0.3, 0.4) is 0 Å². The summed E-state index contributed by atoms with van der Waals surface area (Å²) in [4.78, 5) is 26.1. The van der Waals surface area contributed by atoms with Gasteiger partial charge in [0.1, 0.15) is 12.0 Å². The molecule has 0 aliphatic heterocycles. The number of aliphatic carboxylic acids is 1. The second-order valence-corrected chi connectivity index (χ2v) is 5.42. The molecule has 0 aliphatic rings. The molecule has 8 nitrogen and oxygen atoms in total. The van der Waals surface area contributed by atoms with Crippen molar-refractivity contribution in [1.82, 2.24) is 5.32 Å². The summed E-state index contributed by atoms with van der Waals surface area (Å²) in [6.07, 6.45) is -0.832. The van der Waals surface area contributed by atoms with Crippen LogP contribution in [0.15, 0.2) is 30.3 Å². The van der Waals surface area contributed by atoms with Crippen LogP contribution in [0.25, 0.3) is 0 Å². The molecule has 0 heterocycles. The third-order valence-electron chi connectivity index (χ3n) is 1.66. The van der Waals surface area contributed by atoms with E-state index in [2.05, 4.69) is 5.32 Å². The Balaban J connectivity index is 0.000000361. The molecular weight excluding hydrogens is 287 g/mol. The number of ether oxygens (including phenoxy) is 1. The first-order chi connectivity index (χ1) is 9.20. The highest BCUT2D eigenvalue weighted by Crippen LogP contribution is 2.31. The van der Waals surface area contributed by atoms with E-state index in [0.29, 0.717) is 0 Å². The number of rotatable bonds is 6. The molecule has 0 amide bonds. The lowest BCUT2D eigenvalue weighted by Gasteiger charge is -2.07. The summed E-state index contributed by atoms with van der Waals surface area (Å²) in [5, 5.41) is 10.1. The minimum Gasteiger partial charge on any atom is -0.480 e. The summed E-state index contributed by atoms with van der Waals surface area (Å²) < 4.78 is 15.2. The minimum atomic E-state index is -4.10. The summed E-state index contributed by atoms with van der Waals surface area (Å²) in [5.41, 5.74) is 5.40. The van der Waals surface area contributed by atoms with Gasteiger partial charge in [-0.2, -0.15) is 0 Å². The summed E-state index contributed by atoms with van der Waals surface area (Å²) >= 11 is 0. The average Bonchev–Trinajstić information content (AvgIpc) is 2.27. The third-order valence-corrected chi connectivity index (χ3v) is 2.29. The van der Waals surface area contributed by atoms with E-state index in [1.165, 1.54) is 0 Å². The van der Waals surface area contributed by atoms with Crippen LogP contribution in [0.5, 0.6) is 5.75 Å². The zero-order chi connectivity index (χ0) is 15.6. The van der Waals surface area contributed by atoms with E-state index in [9.17, 15) is 9.36 Å². The molecule has 6 N–H and O–H groups in total. The van der Waals surface area contributed by atoms with Gasteiger partial charge < -0.3 is 19.6 Å². The number of hydrogen-bond acceptors (Lipinski definition) is 5. The lowest BCUT2D eigenvalue weighted by molar-refractivity contribution is -0.135. The molecule has 114 valence electrons. The zero-order valence-corrected chi connectivity index (χ0v) is 11.9. The second-order valence-electron chi connectivity index (χ2n) is 3.78. The Kier molecular flexibility index (Phi) is 8.78. The number of nitrogens with one attached hydrogen (secondary N) is 1. The highest BCUT2D eigenvalue weighted by atomic mass is 31.2. The maximum absolute atomic E-state index is 10.1. The first-order valence-electron chi connectivity index (χ1n) is 5.65. The first-order valence-corrected chi connectivity index (χ1v) is 7.45. The van der Waals surface area contributed by atoms with Crippen LogP contribution in [0.2, 0.25) is 0 Å². The quantitative estimate of drug-likeness (QED) is 0.370. The molecule has 0 bridgehead atoms. The van der Waals surface area contributed by atoms with Crippen molar-refractivity contribution in [3.63, 3.8) is 0 Å². The summed E-state index contributed by atoms with van der Waals surface area (Å²) in [7, 11) is -4.10. The summed E-state index contributed by atoms with van der Waals surface area (Å²) in [5.74, 6) is -0.328. The summed E-state index contributed by atoms with van der Waals surface area (Å²) in [6, 6.07) is 9.52. The topological polar surface area (TPSA) is 142 Å². The predicted molar refractivity (Wildman–Crippen MR) is 73.3 cm³/mol. The van der Waals surface area contributed by atoms with Gasteiger partial charge in [0.05, 0.1) is 12.8 Å². The van der Waals surface area contributed by atoms with Crippen molar-refractivity contribution in [3.8, 4) is 5.75 Å². The van der Waals surface area contributed by atoms with E-state index in [-0.39, 0.29) is 6.23 Å². The number of carbonyl (C=O) groups is 1. The first kappa shape index (κ1) is 18.6. The number of carboxylic acid groups (broad SMARTS) is 1. The molecule has 1 aromatic rings. The Hall–Kier alpha value is -1.44. The van der Waals surface area contributed by atoms with E-state index in [4.69, 9.17) is 25.4 Å². The monoisotopic (exact) mass is 306 g/mol. The highest BCUT2D eigenvalue weighted by molar-refractivity contribution is 7.51. The van der Waals surface area contributed by atoms with E-state index in [0.717, 1.165) is 5.75 Å². The highest BCUT2D eigenvalue weighted by Gasteiger charge is 2.11. The van der Waals surface area contributed by atoms with Crippen molar-refractivity contribution < 1.29 is 29.0 Å². The average molecular weight is 306 g/mol. The van der Waals surface area contributed by atoms with Crippen LogP contribution in [0, 0.1) is 0 Å². The minimum absolute atomic E-state index is 0.234. The predicted octanol–water partition coefficient (Wildman–Crippen LogP) is 0.166. The molecule has 0 saturated heterocycles. The van der Waals surface area contributed by atoms with E-state index < -0.39 is 26.4 Å². The molecule has 20 heavy (non-hydrogen) atoms. The van der Waals surface area contributed by atoms with Gasteiger partial charge in [-0.1, -0.05) is 18.2 Å². The molecular formula is C11H19N2O6P. The van der Waals surface area contributed by atoms with Crippen molar-refractivity contribution in [2.45, 2.75) is 13.2 Å². The Labute approximate surface area is 116 Å². The Morgan fingerprint density at radius 3 is 2.35 bits per heavy atom. The van der Waals surface area contributed by atoms with Crippen LogP contribution < -0.4 is 15.8 Å². The molecule has 1 unspecified atom stereocenters. The van der Waals surface area contributed by atoms with E-state index >= 15 is 0 Å². The van der Waals surface area contributed by atoms with Crippen LogP contribution >= 0.6 is 7.60 Å². The SMILES string of the molecule is CC(N)Oc1ccccc1.O=C(O)CNCP(=O)(O)O. The fraction of sp³-hybridized carbons (Fsp3) is 0.364. The van der Waals surface area contributed by atoms with Crippen LogP contribution in [0.1, 0.15) is 6.92 Å². The normalized spacial score (nSPS) is 12.0. The van der Waals surface area contributed by atoms with E-state index in [1.54, 1.807) is 6.92 Å². The number of benzene rings is 1. The molecule has 0 saturated carbocycles. The van der Waals surface area contributed by atoms with Crippen molar-refractivity contribution in [2.75, 3.05) is 12.8 Å². The van der Waals surface area contributed by atoms with Crippen molar-refractivity contribution in [3.05, 3.63) is 30.3 Å². The van der Waals surface area contributed by atoms with Crippen LogP contribution in [0.4, 0.5) is 0 Å². The Bertz CT molecular complexity index is 434. The fourth-order valence-corrected chi connectivity index (χ4v) is 1.43. The molecule has 0 radical (unpaired) electrons. The molecule has 1 rings (SSSR count). The van der Waals surface area contributed by atoms with Gasteiger partial charge in [0.2, 0.25) is 0 Å². The van der Waals surface area contributed by atoms with Gasteiger partial charge in [-0.15, -0.1) is 0 Å². The second kappa shape index (κ2) is 9.46. The standard InChI is InChI=1S/C8H11NO.C3H8NO5P/c1-7(9)10-8-5-3-2-4-6-8;5-3(6)1-4-2-10(7,8)9/h2-7H,9H2,1H3;4H,1-2H2,(H,5,6)(H2,7,8,9). The van der Waals surface area contributed by atoms with Gasteiger partial charge in [-0.05, 0) is 19.1 Å². The Morgan fingerprint density at radius 2 is 1.95 bits per heavy atom. The molecule has 1 atom stereocenters. The number of carboxylic acids is 1. The number of hydrogen-bond donors (Lipinski definition) is 5. The fourth-order valence-electron chi connectivity index (χ4n) is 1.02. The lowest BCUT2D eigenvalue weighted by atomic mass is 10.3. The maximum Gasteiger partial charge on any atom is 0.339 e. The molecule has 9 heteroatoms. The number of para-hydroxylation sites is 1. The van der Waals surface area contributed by atoms with Gasteiger partial charge in [-0.25, -0.2) is 0 Å². The number of nitrogens with two attached hydrogens (primary N) is 1. The Morgan fingerprint density at radius 1 is 1.40 bits per heavy atom. The largest absolute Gasteiger partial charge is 0.480 e. The molecule has 1 aromatic carbocycles. The third kappa shape index (κ3) is 13.0. The molecule has 0 aromatic heterocycles. The molecule has 0 aliphatic carbocycles. The van der Waals surface area contributed by atoms with Crippen molar-refractivity contribution >= 4 is 13.6 Å². The van der Waals surface area contributed by atoms with Crippen molar-refractivity contribution in [2.24, 2.45) is 5.73 Å². The van der Waals surface area contributed by atoms with Gasteiger partial charge in [-0.3, -0.25) is 20.4 Å². The van der Waals surface area contributed by atoms with Gasteiger partial charge >= 0.3 is 13.6 Å².